The van der Waals surface area contributed by atoms with Gasteiger partial charge in [-0.05, 0) is 61.9 Å². The highest BCUT2D eigenvalue weighted by molar-refractivity contribution is 5.32. The quantitative estimate of drug-likeness (QED) is 0.902. The summed E-state index contributed by atoms with van der Waals surface area (Å²) in [5, 5.41) is 3.97. The minimum absolute atomic E-state index is 0.570. The highest BCUT2D eigenvalue weighted by Gasteiger charge is 2.25. The maximum absolute atomic E-state index is 3.97. The maximum atomic E-state index is 3.97. The van der Waals surface area contributed by atoms with E-state index in [9.17, 15) is 0 Å². The van der Waals surface area contributed by atoms with Crippen LogP contribution in [0.1, 0.15) is 48.4 Å². The first-order valence-corrected chi connectivity index (χ1v) is 9.48. The molecule has 126 valence electrons. The van der Waals surface area contributed by atoms with Crippen LogP contribution in [0.4, 0.5) is 0 Å². The number of nitrogens with one attached hydrogen (secondary N) is 1. The minimum Gasteiger partial charge on any atom is -0.307 e. The molecule has 0 radical (unpaired) electrons. The highest BCUT2D eigenvalue weighted by atomic mass is 15.1. The Morgan fingerprint density at radius 2 is 1.62 bits per heavy atom. The Hall–Kier alpha value is -1.64. The fourth-order valence-corrected chi connectivity index (χ4v) is 4.31. The molecule has 2 aliphatic rings. The van der Waals surface area contributed by atoms with Gasteiger partial charge in [-0.1, -0.05) is 54.6 Å². The molecule has 2 nitrogen and oxygen atoms in total. The molecule has 0 aromatic heterocycles. The van der Waals surface area contributed by atoms with Gasteiger partial charge >= 0.3 is 0 Å². The normalized spacial score (nSPS) is 22.2. The molecule has 2 aromatic carbocycles. The van der Waals surface area contributed by atoms with Crippen molar-refractivity contribution in [3.8, 4) is 0 Å². The molecule has 1 fully saturated rings. The molecule has 1 unspecified atom stereocenters. The van der Waals surface area contributed by atoms with Crippen LogP contribution in [-0.4, -0.2) is 24.0 Å². The summed E-state index contributed by atoms with van der Waals surface area (Å²) in [5.74, 6) is 0. The SMILES string of the molecule is c1ccc(CN2CCC(NC3CCCc4ccccc43)CC2)cc1. The standard InChI is InChI=1S/C22H28N2/c1-2-7-18(8-3-1)17-24-15-13-20(14-16-24)23-22-12-6-10-19-9-4-5-11-21(19)22/h1-5,7-9,11,20,22-23H,6,10,12-17H2. The minimum atomic E-state index is 0.570. The lowest BCUT2D eigenvalue weighted by atomic mass is 9.87. The van der Waals surface area contributed by atoms with Gasteiger partial charge in [-0.15, -0.1) is 0 Å². The fraction of sp³-hybridized carbons (Fsp3) is 0.455. The second-order valence-corrected chi connectivity index (χ2v) is 7.35. The van der Waals surface area contributed by atoms with Crippen LogP contribution in [0.5, 0.6) is 0 Å². The lowest BCUT2D eigenvalue weighted by Gasteiger charge is -2.36. The van der Waals surface area contributed by atoms with Crippen molar-refractivity contribution in [3.63, 3.8) is 0 Å². The van der Waals surface area contributed by atoms with Crippen molar-refractivity contribution in [1.29, 1.82) is 0 Å². The zero-order chi connectivity index (χ0) is 16.2. The van der Waals surface area contributed by atoms with Crippen molar-refractivity contribution in [2.45, 2.75) is 50.7 Å². The Morgan fingerprint density at radius 3 is 2.46 bits per heavy atom. The predicted octanol–water partition coefficient (Wildman–Crippen LogP) is 4.32. The molecule has 2 heteroatoms. The summed E-state index contributed by atoms with van der Waals surface area (Å²) in [7, 11) is 0. The molecule has 1 atom stereocenters. The third-order valence-electron chi connectivity index (χ3n) is 5.64. The first-order valence-electron chi connectivity index (χ1n) is 9.48. The van der Waals surface area contributed by atoms with Gasteiger partial charge in [-0.2, -0.15) is 0 Å². The molecule has 1 aliphatic carbocycles. The van der Waals surface area contributed by atoms with E-state index in [2.05, 4.69) is 64.8 Å². The van der Waals surface area contributed by atoms with Gasteiger partial charge in [0.05, 0.1) is 0 Å². The van der Waals surface area contributed by atoms with Crippen LogP contribution in [0.25, 0.3) is 0 Å². The molecule has 1 heterocycles. The predicted molar refractivity (Wildman–Crippen MR) is 100.0 cm³/mol. The second kappa shape index (κ2) is 7.50. The van der Waals surface area contributed by atoms with E-state index in [0.717, 1.165) is 6.54 Å². The summed E-state index contributed by atoms with van der Waals surface area (Å²) in [6.07, 6.45) is 6.41. The average molecular weight is 320 g/mol. The van der Waals surface area contributed by atoms with Crippen LogP contribution >= 0.6 is 0 Å². The van der Waals surface area contributed by atoms with Gasteiger partial charge in [-0.3, -0.25) is 4.90 Å². The fourth-order valence-electron chi connectivity index (χ4n) is 4.31. The molecular weight excluding hydrogens is 292 g/mol. The number of aryl methyl sites for hydroxylation is 1. The molecule has 0 spiro atoms. The topological polar surface area (TPSA) is 15.3 Å². The molecule has 1 N–H and O–H groups in total. The monoisotopic (exact) mass is 320 g/mol. The van der Waals surface area contributed by atoms with Crippen molar-refractivity contribution in [2.24, 2.45) is 0 Å². The van der Waals surface area contributed by atoms with E-state index in [1.165, 1.54) is 50.8 Å². The third kappa shape index (κ3) is 3.71. The summed E-state index contributed by atoms with van der Waals surface area (Å²) < 4.78 is 0. The van der Waals surface area contributed by atoms with Crippen molar-refractivity contribution >= 4 is 0 Å². The Morgan fingerprint density at radius 1 is 0.875 bits per heavy atom. The van der Waals surface area contributed by atoms with Gasteiger partial charge in [-0.25, -0.2) is 0 Å². The number of piperidine rings is 1. The number of likely N-dealkylation sites (tertiary alicyclic amines) is 1. The molecular formula is C22H28N2. The van der Waals surface area contributed by atoms with Crippen molar-refractivity contribution in [1.82, 2.24) is 10.2 Å². The highest BCUT2D eigenvalue weighted by Crippen LogP contribution is 2.30. The smallest absolute Gasteiger partial charge is 0.0325 e. The summed E-state index contributed by atoms with van der Waals surface area (Å²) in [6.45, 7) is 3.52. The van der Waals surface area contributed by atoms with Crippen LogP contribution < -0.4 is 5.32 Å². The van der Waals surface area contributed by atoms with Crippen LogP contribution in [0, 0.1) is 0 Å². The van der Waals surface area contributed by atoms with Gasteiger partial charge in [0.1, 0.15) is 0 Å². The molecule has 0 bridgehead atoms. The Kier molecular flexibility index (Phi) is 4.96. The van der Waals surface area contributed by atoms with E-state index in [1.807, 2.05) is 0 Å². The first-order chi connectivity index (χ1) is 11.9. The van der Waals surface area contributed by atoms with Crippen LogP contribution in [0.15, 0.2) is 54.6 Å². The van der Waals surface area contributed by atoms with E-state index in [4.69, 9.17) is 0 Å². The Balaban J connectivity index is 1.31. The average Bonchev–Trinajstić information content (AvgIpc) is 2.65. The van der Waals surface area contributed by atoms with Gasteiger partial charge in [0.25, 0.3) is 0 Å². The lowest BCUT2D eigenvalue weighted by molar-refractivity contribution is 0.181. The van der Waals surface area contributed by atoms with E-state index in [0.29, 0.717) is 12.1 Å². The number of rotatable bonds is 4. The third-order valence-corrected chi connectivity index (χ3v) is 5.64. The van der Waals surface area contributed by atoms with E-state index in [-0.39, 0.29) is 0 Å². The Bertz CT molecular complexity index is 644. The van der Waals surface area contributed by atoms with Crippen molar-refractivity contribution < 1.29 is 0 Å². The zero-order valence-corrected chi connectivity index (χ0v) is 14.5. The molecule has 0 saturated carbocycles. The summed E-state index contributed by atoms with van der Waals surface area (Å²) in [5.41, 5.74) is 4.54. The number of hydrogen-bond donors (Lipinski definition) is 1. The number of fused-ring (bicyclic) bond motifs is 1. The van der Waals surface area contributed by atoms with Crippen LogP contribution in [-0.2, 0) is 13.0 Å². The molecule has 4 rings (SSSR count). The maximum Gasteiger partial charge on any atom is 0.0325 e. The number of nitrogens with zero attached hydrogens (tertiary/aromatic N) is 1. The Labute approximate surface area is 145 Å². The summed E-state index contributed by atoms with van der Waals surface area (Å²) >= 11 is 0. The van der Waals surface area contributed by atoms with Gasteiger partial charge in [0.15, 0.2) is 0 Å². The molecule has 0 amide bonds. The second-order valence-electron chi connectivity index (χ2n) is 7.35. The van der Waals surface area contributed by atoms with Crippen molar-refractivity contribution in [2.75, 3.05) is 13.1 Å². The van der Waals surface area contributed by atoms with E-state index in [1.54, 1.807) is 11.1 Å². The van der Waals surface area contributed by atoms with Gasteiger partial charge < -0.3 is 5.32 Å². The summed E-state index contributed by atoms with van der Waals surface area (Å²) in [4.78, 5) is 2.60. The molecule has 24 heavy (non-hydrogen) atoms. The number of hydrogen-bond acceptors (Lipinski definition) is 2. The van der Waals surface area contributed by atoms with Gasteiger partial charge in [0.2, 0.25) is 0 Å². The number of benzene rings is 2. The van der Waals surface area contributed by atoms with Crippen LogP contribution in [0.3, 0.4) is 0 Å². The molecule has 1 aliphatic heterocycles. The van der Waals surface area contributed by atoms with E-state index < -0.39 is 0 Å². The van der Waals surface area contributed by atoms with Gasteiger partial charge in [0, 0.05) is 18.6 Å². The van der Waals surface area contributed by atoms with E-state index >= 15 is 0 Å². The lowest BCUT2D eigenvalue weighted by Crippen LogP contribution is -2.43. The first kappa shape index (κ1) is 15.9. The molecule has 1 saturated heterocycles. The zero-order valence-electron chi connectivity index (χ0n) is 14.5. The van der Waals surface area contributed by atoms with Crippen molar-refractivity contribution in [3.05, 3.63) is 71.3 Å². The molecule has 2 aromatic rings. The largest absolute Gasteiger partial charge is 0.307 e. The summed E-state index contributed by atoms with van der Waals surface area (Å²) in [6, 6.07) is 21.1. The van der Waals surface area contributed by atoms with Crippen LogP contribution in [0.2, 0.25) is 0 Å².